The molecule has 0 radical (unpaired) electrons. The summed E-state index contributed by atoms with van der Waals surface area (Å²) in [6, 6.07) is 7.39. The first kappa shape index (κ1) is 14.4. The van der Waals surface area contributed by atoms with E-state index in [1.807, 2.05) is 25.4 Å². The second kappa shape index (κ2) is 6.07. The SMILES string of the molecule is Cn1cc(-c2c[nH]cc2C(=O)NCc2ccc(Cl)cc2)cn1. The Hall–Kier alpha value is -2.53. The number of nitrogens with one attached hydrogen (secondary N) is 2. The van der Waals surface area contributed by atoms with Gasteiger partial charge in [-0.25, -0.2) is 0 Å². The largest absolute Gasteiger partial charge is 0.366 e. The van der Waals surface area contributed by atoms with E-state index >= 15 is 0 Å². The Morgan fingerprint density at radius 2 is 2.09 bits per heavy atom. The van der Waals surface area contributed by atoms with Crippen molar-refractivity contribution in [2.75, 3.05) is 0 Å². The Kier molecular flexibility index (Phi) is 3.98. The molecule has 3 rings (SSSR count). The van der Waals surface area contributed by atoms with Gasteiger partial charge in [0.15, 0.2) is 0 Å². The van der Waals surface area contributed by atoms with Crippen LogP contribution in [0.4, 0.5) is 0 Å². The van der Waals surface area contributed by atoms with Crippen molar-refractivity contribution in [3.8, 4) is 11.1 Å². The summed E-state index contributed by atoms with van der Waals surface area (Å²) in [6.07, 6.45) is 7.10. The number of aryl methyl sites for hydroxylation is 1. The van der Waals surface area contributed by atoms with Crippen LogP contribution in [0.15, 0.2) is 49.1 Å². The molecule has 2 aromatic heterocycles. The van der Waals surface area contributed by atoms with E-state index in [9.17, 15) is 4.79 Å². The van der Waals surface area contributed by atoms with Crippen molar-refractivity contribution in [2.24, 2.45) is 7.05 Å². The van der Waals surface area contributed by atoms with E-state index in [2.05, 4.69) is 15.4 Å². The van der Waals surface area contributed by atoms with E-state index in [-0.39, 0.29) is 5.91 Å². The van der Waals surface area contributed by atoms with Crippen LogP contribution in [0.25, 0.3) is 11.1 Å². The van der Waals surface area contributed by atoms with E-state index in [1.54, 1.807) is 35.4 Å². The standard InChI is InChI=1S/C16H15ClN4O/c1-21-10-12(7-20-21)14-8-18-9-15(14)16(22)19-6-11-2-4-13(17)5-3-11/h2-5,7-10,18H,6H2,1H3,(H,19,22). The quantitative estimate of drug-likeness (QED) is 0.777. The summed E-state index contributed by atoms with van der Waals surface area (Å²) in [5, 5.41) is 7.72. The van der Waals surface area contributed by atoms with Crippen LogP contribution in [0.5, 0.6) is 0 Å². The van der Waals surface area contributed by atoms with Gasteiger partial charge in [-0.1, -0.05) is 23.7 Å². The first-order chi connectivity index (χ1) is 10.6. The molecule has 6 heteroatoms. The van der Waals surface area contributed by atoms with Crippen molar-refractivity contribution in [2.45, 2.75) is 6.54 Å². The molecule has 112 valence electrons. The molecule has 0 saturated carbocycles. The molecule has 0 spiro atoms. The molecule has 2 heterocycles. The molecule has 1 amide bonds. The number of nitrogens with zero attached hydrogens (tertiary/aromatic N) is 2. The fraction of sp³-hybridized carbons (Fsp3) is 0.125. The summed E-state index contributed by atoms with van der Waals surface area (Å²) in [4.78, 5) is 15.3. The number of hydrogen-bond donors (Lipinski definition) is 2. The number of benzene rings is 1. The number of carbonyl (C=O) groups excluding carboxylic acids is 1. The molecule has 0 bridgehead atoms. The number of carbonyl (C=O) groups is 1. The molecule has 3 aromatic rings. The Balaban J connectivity index is 1.73. The van der Waals surface area contributed by atoms with Crippen LogP contribution >= 0.6 is 11.6 Å². The van der Waals surface area contributed by atoms with Crippen LogP contribution in [0.1, 0.15) is 15.9 Å². The van der Waals surface area contributed by atoms with Gasteiger partial charge in [0, 0.05) is 48.3 Å². The van der Waals surface area contributed by atoms with Gasteiger partial charge in [-0.15, -0.1) is 0 Å². The molecule has 22 heavy (non-hydrogen) atoms. The number of hydrogen-bond acceptors (Lipinski definition) is 2. The molecule has 0 atom stereocenters. The van der Waals surface area contributed by atoms with Gasteiger partial charge in [0.05, 0.1) is 11.8 Å². The highest BCUT2D eigenvalue weighted by molar-refractivity contribution is 6.30. The fourth-order valence-electron chi connectivity index (χ4n) is 2.23. The molecule has 0 fully saturated rings. The molecule has 1 aromatic carbocycles. The minimum atomic E-state index is -0.130. The normalized spacial score (nSPS) is 10.6. The molecule has 0 unspecified atom stereocenters. The number of aromatic nitrogens is 3. The highest BCUT2D eigenvalue weighted by Gasteiger charge is 2.14. The lowest BCUT2D eigenvalue weighted by Crippen LogP contribution is -2.22. The summed E-state index contributed by atoms with van der Waals surface area (Å²) in [5.74, 6) is -0.130. The van der Waals surface area contributed by atoms with Crippen LogP contribution in [0, 0.1) is 0 Å². The average Bonchev–Trinajstić information content (AvgIpc) is 3.14. The third-order valence-electron chi connectivity index (χ3n) is 3.37. The maximum atomic E-state index is 12.4. The maximum absolute atomic E-state index is 12.4. The molecular weight excluding hydrogens is 300 g/mol. The van der Waals surface area contributed by atoms with Gasteiger partial charge < -0.3 is 10.3 Å². The van der Waals surface area contributed by atoms with Crippen molar-refractivity contribution in [1.29, 1.82) is 0 Å². The topological polar surface area (TPSA) is 62.7 Å². The van der Waals surface area contributed by atoms with Crippen molar-refractivity contribution in [3.63, 3.8) is 0 Å². The summed E-state index contributed by atoms with van der Waals surface area (Å²) < 4.78 is 1.71. The first-order valence-electron chi connectivity index (χ1n) is 6.82. The minimum absolute atomic E-state index is 0.130. The summed E-state index contributed by atoms with van der Waals surface area (Å²) >= 11 is 5.85. The highest BCUT2D eigenvalue weighted by atomic mass is 35.5. The number of amides is 1. The lowest BCUT2D eigenvalue weighted by molar-refractivity contribution is 0.0951. The van der Waals surface area contributed by atoms with Gasteiger partial charge in [0.25, 0.3) is 5.91 Å². The van der Waals surface area contributed by atoms with Gasteiger partial charge in [-0.2, -0.15) is 5.10 Å². The lowest BCUT2D eigenvalue weighted by atomic mass is 10.1. The summed E-state index contributed by atoms with van der Waals surface area (Å²) in [5.41, 5.74) is 3.33. The first-order valence-corrected chi connectivity index (χ1v) is 7.20. The van der Waals surface area contributed by atoms with Gasteiger partial charge in [0.2, 0.25) is 0 Å². The van der Waals surface area contributed by atoms with Crippen molar-refractivity contribution in [1.82, 2.24) is 20.1 Å². The predicted octanol–water partition coefficient (Wildman–Crippen LogP) is 3.00. The summed E-state index contributed by atoms with van der Waals surface area (Å²) in [6.45, 7) is 0.452. The molecule has 2 N–H and O–H groups in total. The molecule has 0 saturated heterocycles. The predicted molar refractivity (Wildman–Crippen MR) is 85.6 cm³/mol. The third kappa shape index (κ3) is 3.04. The van der Waals surface area contributed by atoms with E-state index in [0.717, 1.165) is 16.7 Å². The molecular formula is C16H15ClN4O. The van der Waals surface area contributed by atoms with Crippen molar-refractivity contribution < 1.29 is 4.79 Å². The third-order valence-corrected chi connectivity index (χ3v) is 3.62. The summed E-state index contributed by atoms with van der Waals surface area (Å²) in [7, 11) is 1.84. The Morgan fingerprint density at radius 1 is 1.32 bits per heavy atom. The minimum Gasteiger partial charge on any atom is -0.366 e. The van der Waals surface area contributed by atoms with Gasteiger partial charge in [-0.3, -0.25) is 9.48 Å². The fourth-order valence-corrected chi connectivity index (χ4v) is 2.36. The van der Waals surface area contributed by atoms with Gasteiger partial charge in [0.1, 0.15) is 0 Å². The van der Waals surface area contributed by atoms with Crippen LogP contribution in [0.2, 0.25) is 5.02 Å². The molecule has 0 aliphatic heterocycles. The lowest BCUT2D eigenvalue weighted by Gasteiger charge is -2.06. The number of rotatable bonds is 4. The average molecular weight is 315 g/mol. The number of aromatic amines is 1. The van der Waals surface area contributed by atoms with E-state index in [4.69, 9.17) is 11.6 Å². The number of H-pyrrole nitrogens is 1. The highest BCUT2D eigenvalue weighted by Crippen LogP contribution is 2.22. The Morgan fingerprint density at radius 3 is 2.77 bits per heavy atom. The maximum Gasteiger partial charge on any atom is 0.253 e. The monoisotopic (exact) mass is 314 g/mol. The van der Waals surface area contributed by atoms with Crippen molar-refractivity contribution in [3.05, 3.63) is 65.2 Å². The van der Waals surface area contributed by atoms with Crippen LogP contribution in [-0.2, 0) is 13.6 Å². The van der Waals surface area contributed by atoms with Gasteiger partial charge in [-0.05, 0) is 17.7 Å². The van der Waals surface area contributed by atoms with Crippen LogP contribution in [0.3, 0.4) is 0 Å². The number of halogens is 1. The molecule has 5 nitrogen and oxygen atoms in total. The zero-order valence-corrected chi connectivity index (χ0v) is 12.8. The van der Waals surface area contributed by atoms with E-state index in [1.165, 1.54) is 0 Å². The second-order valence-corrected chi connectivity index (χ2v) is 5.43. The molecule has 0 aliphatic rings. The second-order valence-electron chi connectivity index (χ2n) is 4.99. The zero-order chi connectivity index (χ0) is 15.5. The van der Waals surface area contributed by atoms with E-state index in [0.29, 0.717) is 17.1 Å². The Bertz CT molecular complexity index is 789. The smallest absolute Gasteiger partial charge is 0.253 e. The van der Waals surface area contributed by atoms with Crippen molar-refractivity contribution >= 4 is 17.5 Å². The zero-order valence-electron chi connectivity index (χ0n) is 12.0. The van der Waals surface area contributed by atoms with Crippen LogP contribution in [-0.4, -0.2) is 20.7 Å². The van der Waals surface area contributed by atoms with Crippen LogP contribution < -0.4 is 5.32 Å². The molecule has 0 aliphatic carbocycles. The Labute approximate surface area is 132 Å². The van der Waals surface area contributed by atoms with Gasteiger partial charge >= 0.3 is 0 Å². The van der Waals surface area contributed by atoms with E-state index < -0.39 is 0 Å².